The van der Waals surface area contributed by atoms with Crippen LogP contribution in [0.5, 0.6) is 0 Å². The van der Waals surface area contributed by atoms with Crippen LogP contribution < -0.4 is 32.3 Å². The normalized spacial score (nSPS) is 12.3. The molecular weight excluding hydrogens is 779 g/mol. The third-order valence-corrected chi connectivity index (χ3v) is 10.3. The Morgan fingerprint density at radius 1 is 0.328 bits per heavy atom. The van der Waals surface area contributed by atoms with Crippen molar-refractivity contribution >= 4 is 36.7 Å². The van der Waals surface area contributed by atoms with E-state index in [2.05, 4.69) is 4.90 Å². The first-order valence-corrected chi connectivity index (χ1v) is 20.3. The molecular formula is C42H54B3N7O9. The van der Waals surface area contributed by atoms with Crippen molar-refractivity contribution in [3.8, 4) is 0 Å². The largest absolute Gasteiger partial charge is 0.556 e. The van der Waals surface area contributed by atoms with E-state index >= 15 is 0 Å². The van der Waals surface area contributed by atoms with Gasteiger partial charge in [-0.3, -0.25) is 19.9 Å². The molecule has 0 atom stereocenters. The summed E-state index contributed by atoms with van der Waals surface area (Å²) in [6.45, 7) is -6.77. The summed E-state index contributed by atoms with van der Waals surface area (Å²) in [6, 6.07) is 37.5. The highest BCUT2D eigenvalue weighted by molar-refractivity contribution is 6.72. The van der Waals surface area contributed by atoms with E-state index in [9.17, 15) is 45.2 Å². The van der Waals surface area contributed by atoms with Crippen LogP contribution in [0.25, 0.3) is 0 Å². The molecule has 16 nitrogen and oxygen atoms in total. The Hall–Kier alpha value is -5.22. The van der Waals surface area contributed by atoms with Crippen molar-refractivity contribution in [1.29, 1.82) is 0 Å². The van der Waals surface area contributed by atoms with Crippen molar-refractivity contribution in [3.05, 3.63) is 178 Å². The summed E-state index contributed by atoms with van der Waals surface area (Å²) in [5.41, 5.74) is 7.02. The minimum absolute atomic E-state index is 0.0848. The Morgan fingerprint density at radius 2 is 0.590 bits per heavy atom. The van der Waals surface area contributed by atoms with Crippen molar-refractivity contribution in [2.24, 2.45) is 0 Å². The molecule has 320 valence electrons. The maximum Gasteiger partial charge on any atom is 0.403 e. The van der Waals surface area contributed by atoms with Gasteiger partial charge in [0.2, 0.25) is 0 Å². The van der Waals surface area contributed by atoms with Gasteiger partial charge in [0, 0.05) is 19.6 Å². The molecule has 0 amide bonds. The van der Waals surface area contributed by atoms with Gasteiger partial charge in [-0.25, -0.2) is 0 Å². The molecule has 6 aromatic rings. The van der Waals surface area contributed by atoms with E-state index in [1.807, 2.05) is 70.5 Å². The quantitative estimate of drug-likeness (QED) is 0.0304. The van der Waals surface area contributed by atoms with Gasteiger partial charge in [0.1, 0.15) is 19.6 Å². The van der Waals surface area contributed by atoms with Gasteiger partial charge < -0.3 is 61.2 Å². The topological polar surface area (TPSA) is 274 Å². The number of hydrogen-bond acceptors (Lipinski definition) is 13. The van der Waals surface area contributed by atoms with Crippen LogP contribution in [0.3, 0.4) is 0 Å². The predicted molar refractivity (Wildman–Crippen MR) is 229 cm³/mol. The molecule has 3 aromatic heterocycles. The molecule has 61 heavy (non-hydrogen) atoms. The van der Waals surface area contributed by atoms with E-state index in [1.54, 1.807) is 54.6 Å². The number of nitrogens with two attached hydrogens (primary N) is 3. The van der Waals surface area contributed by atoms with Crippen molar-refractivity contribution in [2.45, 2.75) is 58.9 Å². The van der Waals surface area contributed by atoms with Crippen LogP contribution in [-0.4, -0.2) is 85.3 Å². The molecule has 0 saturated carbocycles. The highest BCUT2D eigenvalue weighted by atomic mass is 16.6. The van der Waals surface area contributed by atoms with Gasteiger partial charge in [-0.1, -0.05) is 91.0 Å². The lowest BCUT2D eigenvalue weighted by atomic mass is 9.68. The van der Waals surface area contributed by atoms with E-state index in [-0.39, 0.29) is 16.4 Å². The summed E-state index contributed by atoms with van der Waals surface area (Å²) in [5.74, 6) is 0. The van der Waals surface area contributed by atoms with Gasteiger partial charge in [0.25, 0.3) is 0 Å². The lowest BCUT2D eigenvalue weighted by molar-refractivity contribution is -0.686. The third-order valence-electron chi connectivity index (χ3n) is 10.3. The number of benzene rings is 3. The molecule has 15 N–H and O–H groups in total. The molecule has 0 radical (unpaired) electrons. The van der Waals surface area contributed by atoms with Crippen molar-refractivity contribution < 1.29 is 61.2 Å². The summed E-state index contributed by atoms with van der Waals surface area (Å²) in [7, 11) is 0. The van der Waals surface area contributed by atoms with Crippen LogP contribution in [0.15, 0.2) is 127 Å². The average molecular weight is 833 g/mol. The molecule has 0 aliphatic carbocycles. The SMILES string of the molecule is O[B-](O)(O)c1ccccc1C[NH2+]Cc1cccc(CN(Cc2cccc(C[NH2+]Cc3ccccc3[B-](O)(O)O)n2)Cc2cccc(C[NH2+]Cc3ccccc3[B-](O)(O)O)n2)n1. The van der Waals surface area contributed by atoms with Crippen LogP contribution in [0.1, 0.15) is 50.9 Å². The molecule has 0 bridgehead atoms. The van der Waals surface area contributed by atoms with E-state index in [1.165, 1.54) is 18.2 Å². The van der Waals surface area contributed by atoms with Crippen LogP contribution >= 0.6 is 0 Å². The molecule has 0 saturated heterocycles. The summed E-state index contributed by atoms with van der Waals surface area (Å²) in [5, 5.41) is 94.7. The maximum absolute atomic E-state index is 9.86. The zero-order chi connectivity index (χ0) is 43.5. The molecule has 0 spiro atoms. The molecule has 0 unspecified atom stereocenters. The zero-order valence-corrected chi connectivity index (χ0v) is 33.8. The first-order valence-electron chi connectivity index (χ1n) is 20.3. The standard InChI is InChI=1S/C42H51B3N7O9/c53-43(54,55)40-19-4-1-10-31(40)22-46-25-34-13-7-16-37(49-34)28-52(29-38-17-8-14-35(50-38)26-47-23-32-11-2-5-20-41(32)44(56,57)58)30-39-18-9-15-36(51-39)27-48-24-33-12-3-6-21-42(33)45(59,60)61/h1-21,46-48,53-61H,22-30H2/q-3/p+3. The second-order valence-corrected chi connectivity index (χ2v) is 15.4. The van der Waals surface area contributed by atoms with Crippen LogP contribution in [-0.2, 0) is 58.9 Å². The lowest BCUT2D eigenvalue weighted by Crippen LogP contribution is -2.81. The Morgan fingerprint density at radius 3 is 0.869 bits per heavy atom. The monoisotopic (exact) mass is 833 g/mol. The van der Waals surface area contributed by atoms with Crippen LogP contribution in [0.2, 0.25) is 0 Å². The van der Waals surface area contributed by atoms with E-state index < -0.39 is 20.3 Å². The summed E-state index contributed by atoms with van der Waals surface area (Å²) >= 11 is 0. The van der Waals surface area contributed by atoms with E-state index in [0.717, 1.165) is 34.2 Å². The Labute approximate surface area is 354 Å². The second-order valence-electron chi connectivity index (χ2n) is 15.4. The Kier molecular flexibility index (Phi) is 15.3. The zero-order valence-electron chi connectivity index (χ0n) is 33.8. The fourth-order valence-corrected chi connectivity index (χ4v) is 7.47. The second kappa shape index (κ2) is 20.6. The number of aromatic nitrogens is 3. The summed E-state index contributed by atoms with van der Waals surface area (Å²) in [4.78, 5) is 17.0. The van der Waals surface area contributed by atoms with Crippen molar-refractivity contribution in [2.75, 3.05) is 0 Å². The van der Waals surface area contributed by atoms with Crippen LogP contribution in [0, 0.1) is 0 Å². The lowest BCUT2D eigenvalue weighted by Gasteiger charge is -2.24. The maximum atomic E-state index is 9.86. The Bertz CT molecular complexity index is 2100. The number of pyridine rings is 3. The average Bonchev–Trinajstić information content (AvgIpc) is 3.21. The van der Waals surface area contributed by atoms with Gasteiger partial charge in [-0.2, -0.15) is 0 Å². The first-order chi connectivity index (χ1) is 29.1. The molecule has 0 aliphatic rings. The molecule has 3 aromatic carbocycles. The highest BCUT2D eigenvalue weighted by Gasteiger charge is 2.24. The fraction of sp³-hybridized carbons (Fsp3) is 0.214. The smallest absolute Gasteiger partial charge is 0.403 e. The summed E-state index contributed by atoms with van der Waals surface area (Å²) in [6.07, 6.45) is 0. The molecule has 3 heterocycles. The van der Waals surface area contributed by atoms with Gasteiger partial charge in [-0.15, -0.1) is 16.4 Å². The number of quaternary nitrogens is 3. The summed E-state index contributed by atoms with van der Waals surface area (Å²) < 4.78 is 0. The fourth-order valence-electron chi connectivity index (χ4n) is 7.47. The number of rotatable bonds is 21. The minimum Gasteiger partial charge on any atom is -0.556 e. The minimum atomic E-state index is -3.63. The molecule has 19 heteroatoms. The molecule has 0 fully saturated rings. The molecule has 6 rings (SSSR count). The van der Waals surface area contributed by atoms with E-state index in [4.69, 9.17) is 15.0 Å². The van der Waals surface area contributed by atoms with Crippen molar-refractivity contribution in [1.82, 2.24) is 19.9 Å². The number of nitrogens with zero attached hydrogens (tertiary/aromatic N) is 4. The van der Waals surface area contributed by atoms with Gasteiger partial charge in [-0.05, 0) is 53.1 Å². The third kappa shape index (κ3) is 13.6. The van der Waals surface area contributed by atoms with Gasteiger partial charge in [0.15, 0.2) is 0 Å². The first kappa shape index (κ1) is 45.3. The number of hydrogen-bond donors (Lipinski definition) is 12. The van der Waals surface area contributed by atoms with Crippen molar-refractivity contribution in [3.63, 3.8) is 0 Å². The van der Waals surface area contributed by atoms with Gasteiger partial charge >= 0.3 is 20.3 Å². The predicted octanol–water partition coefficient (Wildman–Crippen LogP) is -4.77. The highest BCUT2D eigenvalue weighted by Crippen LogP contribution is 2.14. The Balaban J connectivity index is 1.15. The van der Waals surface area contributed by atoms with E-state index in [0.29, 0.717) is 75.6 Å². The van der Waals surface area contributed by atoms with Gasteiger partial charge in [0.05, 0.1) is 53.8 Å². The van der Waals surface area contributed by atoms with Crippen LogP contribution in [0.4, 0.5) is 0 Å². The molecule has 0 aliphatic heterocycles.